The first-order valence-electron chi connectivity index (χ1n) is 17.8. The molecule has 0 aliphatic carbocycles. The normalized spacial score (nSPS) is 11.4. The molecule has 0 unspecified atom stereocenters. The predicted octanol–water partition coefficient (Wildman–Crippen LogP) is 14.8. The van der Waals surface area contributed by atoms with Gasteiger partial charge in [0.15, 0.2) is 9.34 Å². The molecule has 0 saturated carbocycles. The van der Waals surface area contributed by atoms with Crippen LogP contribution in [0.3, 0.4) is 0 Å². The Kier molecular flexibility index (Phi) is 10.6. The molecule has 0 aliphatic heterocycles. The lowest BCUT2D eigenvalue weighted by molar-refractivity contribution is 0.426. The Morgan fingerprint density at radius 3 is 1.03 bits per heavy atom. The molecule has 0 aliphatic rings. The van der Waals surface area contributed by atoms with Crippen molar-refractivity contribution in [3.05, 3.63) is 170 Å². The number of furan rings is 4. The Hall–Kier alpha value is -4.97. The Labute approximate surface area is 362 Å². The molecule has 6 nitrogen and oxygen atoms in total. The fourth-order valence-corrected chi connectivity index (χ4v) is 7.95. The Bertz CT molecular complexity index is 2930. The lowest BCUT2D eigenvalue weighted by atomic mass is 9.81. The highest BCUT2D eigenvalue weighted by Gasteiger charge is 2.13. The highest BCUT2D eigenvalue weighted by molar-refractivity contribution is 9.10. The average Bonchev–Trinajstić information content (AvgIpc) is 3.99. The zero-order valence-corrected chi connectivity index (χ0v) is 35.3. The molecule has 0 bridgehead atoms. The maximum absolute atomic E-state index is 8.63. The molecule has 0 radical (unpaired) electrons. The van der Waals surface area contributed by atoms with Crippen LogP contribution in [0.25, 0.3) is 88.1 Å². The molecule has 0 fully saturated rings. The topological polar surface area (TPSA) is 93.0 Å². The summed E-state index contributed by atoms with van der Waals surface area (Å²) in [4.78, 5) is 0. The highest BCUT2D eigenvalue weighted by Crippen LogP contribution is 2.36. The van der Waals surface area contributed by atoms with Gasteiger partial charge >= 0.3 is 7.12 Å². The second-order valence-corrected chi connectivity index (χ2v) is 16.4. The maximum atomic E-state index is 8.63. The summed E-state index contributed by atoms with van der Waals surface area (Å²) in [5.74, 6) is 1.65. The summed E-state index contributed by atoms with van der Waals surface area (Å²) in [5.41, 5.74) is 5.89. The lowest BCUT2D eigenvalue weighted by Gasteiger charge is -1.98. The van der Waals surface area contributed by atoms with Crippen molar-refractivity contribution < 1.29 is 27.7 Å². The molecule has 0 spiro atoms. The van der Waals surface area contributed by atoms with Gasteiger partial charge in [0.05, 0.1) is 0 Å². The van der Waals surface area contributed by atoms with Gasteiger partial charge in [-0.15, -0.1) is 0 Å². The number of halogens is 5. The van der Waals surface area contributed by atoms with Gasteiger partial charge in [0.25, 0.3) is 0 Å². The second-order valence-electron chi connectivity index (χ2n) is 13.5. The van der Waals surface area contributed by atoms with E-state index >= 15 is 0 Å². The quantitative estimate of drug-likeness (QED) is 0.171. The molecule has 2 N–H and O–H groups in total. The Balaban J connectivity index is 0.000000131. The molecule has 0 atom stereocenters. The number of rotatable bonds is 3. The van der Waals surface area contributed by atoms with E-state index in [0.717, 1.165) is 92.0 Å². The van der Waals surface area contributed by atoms with E-state index in [0.29, 0.717) is 20.5 Å². The highest BCUT2D eigenvalue weighted by atomic mass is 79.9. The molecule has 7 aromatic carbocycles. The standard InChI is InChI=1S/C26H14Cl2O2.C14H6Br2O2.C6H6BClO2/c27-21-5-1-15(2-6-21)23-13-19-9-17-10-20-14-24(16-3-7-22(28)8-4-16)30-26(20)12-18(17)11-25(19)29-23;15-13-5-9-1-7-2-10-6-14(16)18-12(10)4-8(7)3-11(9)17-13;8-6-3-1-5(2-4-6)7(9)10/h1-14H;1-6H;1-4,9-10H. The molecular weight excluding hydrogens is 925 g/mol. The maximum Gasteiger partial charge on any atom is 0.488 e. The van der Waals surface area contributed by atoms with Gasteiger partial charge in [-0.3, -0.25) is 0 Å². The van der Waals surface area contributed by atoms with Gasteiger partial charge in [-0.05, 0) is 192 Å². The van der Waals surface area contributed by atoms with Crippen LogP contribution in [0.1, 0.15) is 0 Å². The van der Waals surface area contributed by atoms with Crippen LogP contribution in [-0.4, -0.2) is 17.2 Å². The van der Waals surface area contributed by atoms with Crippen molar-refractivity contribution in [2.45, 2.75) is 0 Å². The van der Waals surface area contributed by atoms with Crippen LogP contribution in [0.15, 0.2) is 173 Å². The van der Waals surface area contributed by atoms with Gasteiger partial charge in [0, 0.05) is 47.7 Å². The first-order valence-corrected chi connectivity index (χ1v) is 20.5. The molecular formula is C46H26BBr2Cl3O6. The van der Waals surface area contributed by atoms with Crippen LogP contribution in [0.2, 0.25) is 15.1 Å². The molecule has 4 aromatic heterocycles. The van der Waals surface area contributed by atoms with Crippen molar-refractivity contribution in [3.63, 3.8) is 0 Å². The molecule has 58 heavy (non-hydrogen) atoms. The van der Waals surface area contributed by atoms with Gasteiger partial charge in [-0.1, -0.05) is 46.9 Å². The zero-order valence-electron chi connectivity index (χ0n) is 29.9. The average molecular weight is 952 g/mol. The van der Waals surface area contributed by atoms with E-state index in [1.807, 2.05) is 72.8 Å². The van der Waals surface area contributed by atoms with Crippen molar-refractivity contribution in [1.29, 1.82) is 0 Å². The van der Waals surface area contributed by atoms with Gasteiger partial charge in [-0.2, -0.15) is 0 Å². The van der Waals surface area contributed by atoms with E-state index in [2.05, 4.69) is 80.4 Å². The number of fused-ring (bicyclic) bond motifs is 6. The van der Waals surface area contributed by atoms with Crippen molar-refractivity contribution in [1.82, 2.24) is 0 Å². The fraction of sp³-hybridized carbons (Fsp3) is 0. The molecule has 4 heterocycles. The smallest absolute Gasteiger partial charge is 0.456 e. The van der Waals surface area contributed by atoms with E-state index in [4.69, 9.17) is 62.5 Å². The third kappa shape index (κ3) is 8.17. The summed E-state index contributed by atoms with van der Waals surface area (Å²) >= 11 is 24.3. The van der Waals surface area contributed by atoms with Crippen LogP contribution in [0, 0.1) is 0 Å². The third-order valence-corrected chi connectivity index (χ3v) is 11.1. The summed E-state index contributed by atoms with van der Waals surface area (Å²) < 4.78 is 24.9. The number of hydrogen-bond acceptors (Lipinski definition) is 6. The van der Waals surface area contributed by atoms with E-state index in [9.17, 15) is 0 Å². The van der Waals surface area contributed by atoms with Crippen LogP contribution in [0.4, 0.5) is 0 Å². The van der Waals surface area contributed by atoms with Gasteiger partial charge in [-0.25, -0.2) is 0 Å². The molecule has 12 heteroatoms. The number of hydrogen-bond donors (Lipinski definition) is 2. The molecule has 11 rings (SSSR count). The van der Waals surface area contributed by atoms with Crippen LogP contribution in [0.5, 0.6) is 0 Å². The van der Waals surface area contributed by atoms with Crippen LogP contribution in [-0.2, 0) is 0 Å². The Morgan fingerprint density at radius 2 is 0.672 bits per heavy atom. The summed E-state index contributed by atoms with van der Waals surface area (Å²) in [7, 11) is -1.41. The largest absolute Gasteiger partial charge is 0.488 e. The van der Waals surface area contributed by atoms with Crippen LogP contribution < -0.4 is 5.46 Å². The molecule has 0 amide bonds. The molecule has 284 valence electrons. The molecule has 0 saturated heterocycles. The third-order valence-electron chi connectivity index (χ3n) is 9.59. The lowest BCUT2D eigenvalue weighted by Crippen LogP contribution is -2.29. The SMILES string of the molecule is Brc1cc2cc3cc4cc(Br)oc4cc3cc2o1.Clc1ccc(-c2cc3cc4cc5cc(-c6ccc(Cl)cc6)oc5cc4cc3o2)cc1.OB(O)c1ccc(Cl)cc1. The minimum absolute atomic E-state index is 0.449. The van der Waals surface area contributed by atoms with E-state index in [1.54, 1.807) is 24.3 Å². The van der Waals surface area contributed by atoms with Crippen molar-refractivity contribution in [2.24, 2.45) is 0 Å². The van der Waals surface area contributed by atoms with E-state index in [1.165, 1.54) is 5.39 Å². The monoisotopic (exact) mass is 948 g/mol. The Morgan fingerprint density at radius 1 is 0.362 bits per heavy atom. The van der Waals surface area contributed by atoms with E-state index < -0.39 is 7.12 Å². The van der Waals surface area contributed by atoms with Gasteiger partial charge < -0.3 is 27.7 Å². The number of benzene rings is 7. The first-order chi connectivity index (χ1) is 28.0. The summed E-state index contributed by atoms with van der Waals surface area (Å²) in [5, 5.41) is 28.1. The summed E-state index contributed by atoms with van der Waals surface area (Å²) in [6.07, 6.45) is 0. The summed E-state index contributed by atoms with van der Waals surface area (Å²) in [6.45, 7) is 0. The van der Waals surface area contributed by atoms with Gasteiger partial charge in [0.1, 0.15) is 33.9 Å². The predicted molar refractivity (Wildman–Crippen MR) is 245 cm³/mol. The van der Waals surface area contributed by atoms with Crippen molar-refractivity contribution in [2.75, 3.05) is 0 Å². The van der Waals surface area contributed by atoms with Crippen molar-refractivity contribution in [3.8, 4) is 22.6 Å². The van der Waals surface area contributed by atoms with Crippen LogP contribution >= 0.6 is 66.7 Å². The second kappa shape index (κ2) is 16.0. The minimum Gasteiger partial charge on any atom is -0.456 e. The first kappa shape index (κ1) is 38.5. The minimum atomic E-state index is -1.41. The van der Waals surface area contributed by atoms with Gasteiger partial charge in [0.2, 0.25) is 0 Å². The zero-order chi connectivity index (χ0) is 40.1. The van der Waals surface area contributed by atoms with Crippen molar-refractivity contribution >= 4 is 145 Å². The fourth-order valence-electron chi connectivity index (χ4n) is 6.73. The summed E-state index contributed by atoms with van der Waals surface area (Å²) in [6, 6.07) is 46.5. The molecule has 11 aromatic rings. The van der Waals surface area contributed by atoms with E-state index in [-0.39, 0.29) is 0 Å².